The van der Waals surface area contributed by atoms with Gasteiger partial charge in [0.15, 0.2) is 0 Å². The summed E-state index contributed by atoms with van der Waals surface area (Å²) in [7, 11) is 0. The summed E-state index contributed by atoms with van der Waals surface area (Å²) in [5, 5.41) is 2.77. The van der Waals surface area contributed by atoms with E-state index in [-0.39, 0.29) is 31.3 Å². The quantitative estimate of drug-likeness (QED) is 0.277. The Balaban J connectivity index is 2.06. The molecular weight excluding hydrogens is 468 g/mol. The highest BCUT2D eigenvalue weighted by atomic mass is 16.2. The standard InChI is InChI=1S/C28H42N6O3/c1-28(2,32-26(36)24(31)21-25(35)33(19-15-29)20-16-30)27(37)34(17-13-22-9-5-3-6-10-22)18-14-23-11-7-4-8-12-23/h3-12,24H,13-21,29-31H2,1-2H3,(H,32,36). The van der Waals surface area contributed by atoms with Crippen LogP contribution < -0.4 is 22.5 Å². The van der Waals surface area contributed by atoms with Gasteiger partial charge in [0, 0.05) is 39.3 Å². The highest BCUT2D eigenvalue weighted by Crippen LogP contribution is 2.13. The van der Waals surface area contributed by atoms with Crippen LogP contribution in [0.1, 0.15) is 31.4 Å². The molecule has 0 aliphatic heterocycles. The van der Waals surface area contributed by atoms with Gasteiger partial charge in [-0.25, -0.2) is 0 Å². The average molecular weight is 511 g/mol. The zero-order chi connectivity index (χ0) is 27.3. The minimum absolute atomic E-state index is 0.193. The molecule has 0 saturated carbocycles. The number of nitrogens with one attached hydrogen (secondary N) is 1. The van der Waals surface area contributed by atoms with Gasteiger partial charge in [0.1, 0.15) is 5.54 Å². The van der Waals surface area contributed by atoms with E-state index in [9.17, 15) is 14.4 Å². The van der Waals surface area contributed by atoms with Crippen molar-refractivity contribution < 1.29 is 14.4 Å². The number of rotatable bonds is 15. The molecule has 2 aromatic carbocycles. The van der Waals surface area contributed by atoms with Crippen LogP contribution >= 0.6 is 0 Å². The third-order valence-corrected chi connectivity index (χ3v) is 6.17. The number of nitrogens with zero attached hydrogens (tertiary/aromatic N) is 2. The highest BCUT2D eigenvalue weighted by Gasteiger charge is 2.35. The van der Waals surface area contributed by atoms with E-state index in [1.165, 1.54) is 4.90 Å². The van der Waals surface area contributed by atoms with Gasteiger partial charge in [-0.2, -0.15) is 0 Å². The lowest BCUT2D eigenvalue weighted by molar-refractivity contribution is -0.141. The van der Waals surface area contributed by atoms with Crippen molar-refractivity contribution >= 4 is 17.7 Å². The van der Waals surface area contributed by atoms with Crippen molar-refractivity contribution in [3.8, 4) is 0 Å². The van der Waals surface area contributed by atoms with Gasteiger partial charge in [-0.1, -0.05) is 60.7 Å². The molecule has 0 aromatic heterocycles. The van der Waals surface area contributed by atoms with Gasteiger partial charge >= 0.3 is 0 Å². The van der Waals surface area contributed by atoms with E-state index in [1.807, 2.05) is 60.7 Å². The van der Waals surface area contributed by atoms with Crippen LogP contribution in [0.3, 0.4) is 0 Å². The van der Waals surface area contributed by atoms with Crippen LogP contribution in [0.25, 0.3) is 0 Å². The van der Waals surface area contributed by atoms with Crippen molar-refractivity contribution in [2.24, 2.45) is 17.2 Å². The predicted octanol–water partition coefficient (Wildman–Crippen LogP) is 0.659. The molecule has 0 heterocycles. The van der Waals surface area contributed by atoms with E-state index in [2.05, 4.69) is 5.32 Å². The number of benzene rings is 2. The monoisotopic (exact) mass is 510 g/mol. The molecule has 3 amide bonds. The SMILES string of the molecule is CC(C)(NC(=O)C(N)CC(=O)N(CCN)CCN)C(=O)N(CCc1ccccc1)CCc1ccccc1. The zero-order valence-electron chi connectivity index (χ0n) is 22.1. The lowest BCUT2D eigenvalue weighted by Crippen LogP contribution is -2.59. The molecule has 0 fully saturated rings. The summed E-state index contributed by atoms with van der Waals surface area (Å²) < 4.78 is 0. The second kappa shape index (κ2) is 15.1. The number of nitrogens with two attached hydrogens (primary N) is 3. The summed E-state index contributed by atoms with van der Waals surface area (Å²) >= 11 is 0. The van der Waals surface area contributed by atoms with Crippen molar-refractivity contribution in [1.29, 1.82) is 0 Å². The second-order valence-corrected chi connectivity index (χ2v) is 9.65. The molecule has 7 N–H and O–H groups in total. The van der Waals surface area contributed by atoms with Gasteiger partial charge in [-0.05, 0) is 37.8 Å². The first-order chi connectivity index (χ1) is 17.7. The molecule has 9 heteroatoms. The molecule has 0 radical (unpaired) electrons. The molecule has 2 rings (SSSR count). The third-order valence-electron chi connectivity index (χ3n) is 6.17. The molecule has 0 spiro atoms. The van der Waals surface area contributed by atoms with Crippen molar-refractivity contribution in [2.75, 3.05) is 39.3 Å². The third kappa shape index (κ3) is 9.95. The largest absolute Gasteiger partial charge is 0.341 e. The van der Waals surface area contributed by atoms with Crippen LogP contribution in [0.15, 0.2) is 60.7 Å². The van der Waals surface area contributed by atoms with Crippen LogP contribution in [-0.2, 0) is 27.2 Å². The fraction of sp³-hybridized carbons (Fsp3) is 0.464. The Bertz CT molecular complexity index is 934. The minimum atomic E-state index is -1.21. The summed E-state index contributed by atoms with van der Waals surface area (Å²) in [6.45, 7) is 5.59. The first-order valence-electron chi connectivity index (χ1n) is 12.8. The van der Waals surface area contributed by atoms with Crippen molar-refractivity contribution in [1.82, 2.24) is 15.1 Å². The second-order valence-electron chi connectivity index (χ2n) is 9.65. The molecule has 0 saturated heterocycles. The summed E-state index contributed by atoms with van der Waals surface area (Å²) in [6.07, 6.45) is 1.19. The predicted molar refractivity (Wildman–Crippen MR) is 146 cm³/mol. The van der Waals surface area contributed by atoms with E-state index in [1.54, 1.807) is 18.7 Å². The Labute approximate surface area is 220 Å². The molecule has 37 heavy (non-hydrogen) atoms. The van der Waals surface area contributed by atoms with Crippen LogP contribution in [-0.4, -0.2) is 78.4 Å². The van der Waals surface area contributed by atoms with Crippen molar-refractivity contribution in [3.05, 3.63) is 71.8 Å². The Morgan fingerprint density at radius 2 is 1.24 bits per heavy atom. The van der Waals surface area contributed by atoms with Gasteiger partial charge in [-0.3, -0.25) is 14.4 Å². The summed E-state index contributed by atoms with van der Waals surface area (Å²) in [5.74, 6) is -1.06. The van der Waals surface area contributed by atoms with Gasteiger partial charge in [0.05, 0.1) is 12.5 Å². The topological polar surface area (TPSA) is 148 Å². The molecule has 0 aliphatic rings. The van der Waals surface area contributed by atoms with Crippen molar-refractivity contribution in [3.63, 3.8) is 0 Å². The van der Waals surface area contributed by atoms with Crippen LogP contribution in [0.5, 0.6) is 0 Å². The first kappa shape index (κ1) is 30.0. The van der Waals surface area contributed by atoms with Crippen molar-refractivity contribution in [2.45, 2.75) is 44.7 Å². The molecule has 0 bridgehead atoms. The van der Waals surface area contributed by atoms with Crippen LogP contribution in [0, 0.1) is 0 Å². The smallest absolute Gasteiger partial charge is 0.247 e. The highest BCUT2D eigenvalue weighted by molar-refractivity contribution is 5.94. The van der Waals surface area contributed by atoms with Crippen LogP contribution in [0.2, 0.25) is 0 Å². The number of hydrogen-bond acceptors (Lipinski definition) is 6. The fourth-order valence-corrected chi connectivity index (χ4v) is 4.06. The molecule has 1 atom stereocenters. The van der Waals surface area contributed by atoms with Gasteiger partial charge in [0.25, 0.3) is 0 Å². The lowest BCUT2D eigenvalue weighted by atomic mass is 10.0. The maximum Gasteiger partial charge on any atom is 0.247 e. The molecule has 202 valence electrons. The Morgan fingerprint density at radius 3 is 1.68 bits per heavy atom. The van der Waals surface area contributed by atoms with E-state index in [4.69, 9.17) is 17.2 Å². The summed E-state index contributed by atoms with van der Waals surface area (Å²) in [6, 6.07) is 18.8. The molecule has 2 aromatic rings. The average Bonchev–Trinajstić information content (AvgIpc) is 2.89. The number of carbonyl (C=O) groups is 3. The maximum atomic E-state index is 13.6. The summed E-state index contributed by atoms with van der Waals surface area (Å²) in [4.78, 5) is 42.4. The van der Waals surface area contributed by atoms with Gasteiger partial charge in [-0.15, -0.1) is 0 Å². The first-order valence-corrected chi connectivity index (χ1v) is 12.8. The van der Waals surface area contributed by atoms with E-state index < -0.39 is 17.5 Å². The number of amides is 3. The van der Waals surface area contributed by atoms with E-state index in [0.29, 0.717) is 39.0 Å². The maximum absolute atomic E-state index is 13.6. The van der Waals surface area contributed by atoms with Crippen LogP contribution in [0.4, 0.5) is 0 Å². The van der Waals surface area contributed by atoms with E-state index >= 15 is 0 Å². The Hall–Kier alpha value is -3.27. The molecule has 9 nitrogen and oxygen atoms in total. The number of carbonyl (C=O) groups excluding carboxylic acids is 3. The lowest BCUT2D eigenvalue weighted by Gasteiger charge is -2.33. The Morgan fingerprint density at radius 1 is 0.784 bits per heavy atom. The molecule has 1 unspecified atom stereocenters. The fourth-order valence-electron chi connectivity index (χ4n) is 4.06. The Kier molecular flexibility index (Phi) is 12.2. The van der Waals surface area contributed by atoms with Gasteiger partial charge in [0.2, 0.25) is 17.7 Å². The summed E-state index contributed by atoms with van der Waals surface area (Å²) in [5.41, 5.74) is 18.2. The zero-order valence-corrected chi connectivity index (χ0v) is 22.1. The molecule has 0 aliphatic carbocycles. The molecular formula is C28H42N6O3. The van der Waals surface area contributed by atoms with Gasteiger partial charge < -0.3 is 32.3 Å². The van der Waals surface area contributed by atoms with E-state index in [0.717, 1.165) is 11.1 Å². The minimum Gasteiger partial charge on any atom is -0.341 e. The number of hydrogen-bond donors (Lipinski definition) is 4. The normalized spacial score (nSPS) is 12.0.